The first-order valence-corrected chi connectivity index (χ1v) is 9.49. The number of para-hydroxylation sites is 1. The number of hydrogen-bond donors (Lipinski definition) is 1. The summed E-state index contributed by atoms with van der Waals surface area (Å²) < 4.78 is 2.01. The lowest BCUT2D eigenvalue weighted by Crippen LogP contribution is -2.29. The number of carbonyl (C=O) groups excluding carboxylic acids is 1. The van der Waals surface area contributed by atoms with Crippen LogP contribution in [0, 0.1) is 27.7 Å². The minimum absolute atomic E-state index is 0.181. The molecule has 1 aromatic heterocycles. The Balaban J connectivity index is 2.05. The molecule has 0 unspecified atom stereocenters. The molecule has 144 valence electrons. The number of pyridine rings is 1. The molecule has 0 fully saturated rings. The van der Waals surface area contributed by atoms with E-state index >= 15 is 0 Å². The van der Waals surface area contributed by atoms with Crippen molar-refractivity contribution in [3.05, 3.63) is 97.4 Å². The summed E-state index contributed by atoms with van der Waals surface area (Å²) in [5.41, 5.74) is 4.72. The topological polar surface area (TPSA) is 51.1 Å². The Kier molecular flexibility index (Phi) is 5.71. The van der Waals surface area contributed by atoms with Gasteiger partial charge in [-0.25, -0.2) is 0 Å². The van der Waals surface area contributed by atoms with Gasteiger partial charge in [0.2, 0.25) is 0 Å². The second kappa shape index (κ2) is 8.03. The maximum absolute atomic E-state index is 13.0. The first-order valence-electron chi connectivity index (χ1n) is 9.11. The van der Waals surface area contributed by atoms with E-state index in [9.17, 15) is 9.59 Å². The number of anilines is 1. The summed E-state index contributed by atoms with van der Waals surface area (Å²) in [6, 6.07) is 15.1. The maximum atomic E-state index is 13.0. The molecule has 0 aliphatic rings. The van der Waals surface area contributed by atoms with Crippen LogP contribution in [0.5, 0.6) is 0 Å². The standard InChI is InChI=1S/C23H23ClN2O2/c1-14-7-5-6-8-20(14)25-23(28)21-17(4)26(16(3)15(2)22(21)27)13-18-9-11-19(24)12-10-18/h5-12H,13H2,1-4H3,(H,25,28). The molecule has 0 aliphatic heterocycles. The first-order chi connectivity index (χ1) is 13.3. The number of carbonyl (C=O) groups is 1. The molecule has 4 nitrogen and oxygen atoms in total. The Morgan fingerprint density at radius 3 is 2.25 bits per heavy atom. The van der Waals surface area contributed by atoms with Crippen molar-refractivity contribution < 1.29 is 4.79 Å². The Morgan fingerprint density at radius 2 is 1.61 bits per heavy atom. The van der Waals surface area contributed by atoms with Crippen molar-refractivity contribution in [3.8, 4) is 0 Å². The van der Waals surface area contributed by atoms with Crippen LogP contribution in [-0.4, -0.2) is 10.5 Å². The normalized spacial score (nSPS) is 10.8. The van der Waals surface area contributed by atoms with Crippen LogP contribution in [0.3, 0.4) is 0 Å². The third kappa shape index (κ3) is 3.87. The zero-order valence-corrected chi connectivity index (χ0v) is 17.2. The van der Waals surface area contributed by atoms with E-state index in [-0.39, 0.29) is 16.9 Å². The summed E-state index contributed by atoms with van der Waals surface area (Å²) in [4.78, 5) is 25.9. The summed E-state index contributed by atoms with van der Waals surface area (Å²) >= 11 is 5.98. The van der Waals surface area contributed by atoms with Crippen molar-refractivity contribution in [1.82, 2.24) is 4.57 Å². The largest absolute Gasteiger partial charge is 0.343 e. The van der Waals surface area contributed by atoms with E-state index in [1.807, 2.05) is 73.9 Å². The third-order valence-electron chi connectivity index (χ3n) is 5.16. The van der Waals surface area contributed by atoms with Gasteiger partial charge in [-0.15, -0.1) is 0 Å². The van der Waals surface area contributed by atoms with Crippen LogP contribution in [0.15, 0.2) is 53.3 Å². The molecule has 2 aromatic carbocycles. The SMILES string of the molecule is Cc1ccccc1NC(=O)c1c(C)n(Cc2ccc(Cl)cc2)c(C)c(C)c1=O. The highest BCUT2D eigenvalue weighted by Gasteiger charge is 2.21. The maximum Gasteiger partial charge on any atom is 0.261 e. The van der Waals surface area contributed by atoms with Gasteiger partial charge in [0.1, 0.15) is 5.56 Å². The average molecular weight is 395 g/mol. The molecule has 0 radical (unpaired) electrons. The lowest BCUT2D eigenvalue weighted by molar-refractivity contribution is 0.102. The van der Waals surface area contributed by atoms with Gasteiger partial charge in [-0.05, 0) is 57.0 Å². The van der Waals surface area contributed by atoms with Gasteiger partial charge in [0, 0.05) is 34.2 Å². The van der Waals surface area contributed by atoms with Crippen LogP contribution >= 0.6 is 11.6 Å². The van der Waals surface area contributed by atoms with Crippen LogP contribution in [0.2, 0.25) is 5.02 Å². The summed E-state index contributed by atoms with van der Waals surface area (Å²) in [7, 11) is 0. The monoisotopic (exact) mass is 394 g/mol. The van der Waals surface area contributed by atoms with Crippen molar-refractivity contribution in [2.75, 3.05) is 5.32 Å². The number of benzene rings is 2. The van der Waals surface area contributed by atoms with Crippen LogP contribution in [0.25, 0.3) is 0 Å². The van der Waals surface area contributed by atoms with Crippen LogP contribution in [0.4, 0.5) is 5.69 Å². The molecular formula is C23H23ClN2O2. The van der Waals surface area contributed by atoms with Crippen molar-refractivity contribution in [2.24, 2.45) is 0 Å². The number of hydrogen-bond acceptors (Lipinski definition) is 2. The van der Waals surface area contributed by atoms with E-state index in [0.29, 0.717) is 28.5 Å². The number of aromatic nitrogens is 1. The minimum atomic E-state index is -0.384. The molecule has 3 aromatic rings. The van der Waals surface area contributed by atoms with Crippen LogP contribution < -0.4 is 10.7 Å². The number of rotatable bonds is 4. The first kappa shape index (κ1) is 19.9. The molecule has 5 heteroatoms. The van der Waals surface area contributed by atoms with E-state index in [2.05, 4.69) is 5.32 Å². The quantitative estimate of drug-likeness (QED) is 0.674. The Labute approximate surface area is 169 Å². The van der Waals surface area contributed by atoms with E-state index in [0.717, 1.165) is 16.8 Å². The average Bonchev–Trinajstić information content (AvgIpc) is 2.67. The van der Waals surface area contributed by atoms with Crippen molar-refractivity contribution in [3.63, 3.8) is 0 Å². The van der Waals surface area contributed by atoms with Gasteiger partial charge >= 0.3 is 0 Å². The lowest BCUT2D eigenvalue weighted by atomic mass is 10.0. The highest BCUT2D eigenvalue weighted by molar-refractivity contribution is 6.30. The Bertz CT molecular complexity index is 1100. The predicted octanol–water partition coefficient (Wildman–Crippen LogP) is 5.04. The molecule has 3 rings (SSSR count). The Morgan fingerprint density at radius 1 is 0.964 bits per heavy atom. The molecule has 1 heterocycles. The lowest BCUT2D eigenvalue weighted by Gasteiger charge is -2.20. The molecule has 1 amide bonds. The smallest absolute Gasteiger partial charge is 0.261 e. The molecule has 0 saturated carbocycles. The summed E-state index contributed by atoms with van der Waals surface area (Å²) in [5.74, 6) is -0.384. The zero-order chi connectivity index (χ0) is 20.4. The Hall–Kier alpha value is -2.85. The van der Waals surface area contributed by atoms with Gasteiger partial charge in [-0.1, -0.05) is 41.9 Å². The highest BCUT2D eigenvalue weighted by Crippen LogP contribution is 2.19. The number of aryl methyl sites for hydroxylation is 1. The summed E-state index contributed by atoms with van der Waals surface area (Å²) in [6.07, 6.45) is 0. The summed E-state index contributed by atoms with van der Waals surface area (Å²) in [6.45, 7) is 7.96. The molecule has 0 bridgehead atoms. The van der Waals surface area contributed by atoms with E-state index in [1.165, 1.54) is 0 Å². The fourth-order valence-corrected chi connectivity index (χ4v) is 3.41. The highest BCUT2D eigenvalue weighted by atomic mass is 35.5. The van der Waals surface area contributed by atoms with Gasteiger partial charge in [-0.3, -0.25) is 9.59 Å². The number of nitrogens with one attached hydrogen (secondary N) is 1. The van der Waals surface area contributed by atoms with Gasteiger partial charge in [-0.2, -0.15) is 0 Å². The van der Waals surface area contributed by atoms with Crippen molar-refractivity contribution in [2.45, 2.75) is 34.2 Å². The van der Waals surface area contributed by atoms with E-state index in [4.69, 9.17) is 11.6 Å². The van der Waals surface area contributed by atoms with Crippen molar-refractivity contribution >= 4 is 23.2 Å². The number of halogens is 1. The molecule has 0 aliphatic carbocycles. The van der Waals surface area contributed by atoms with Crippen molar-refractivity contribution in [1.29, 1.82) is 0 Å². The molecule has 0 saturated heterocycles. The molecule has 1 N–H and O–H groups in total. The van der Waals surface area contributed by atoms with Gasteiger partial charge in [0.15, 0.2) is 5.43 Å². The van der Waals surface area contributed by atoms with Crippen LogP contribution in [-0.2, 0) is 6.54 Å². The molecular weight excluding hydrogens is 372 g/mol. The third-order valence-corrected chi connectivity index (χ3v) is 5.41. The fraction of sp³-hybridized carbons (Fsp3) is 0.217. The van der Waals surface area contributed by atoms with Crippen LogP contribution in [0.1, 0.15) is 38.4 Å². The molecule has 0 spiro atoms. The van der Waals surface area contributed by atoms with Gasteiger partial charge in [0.05, 0.1) is 0 Å². The summed E-state index contributed by atoms with van der Waals surface area (Å²) in [5, 5.41) is 3.56. The van der Waals surface area contributed by atoms with E-state index < -0.39 is 0 Å². The minimum Gasteiger partial charge on any atom is -0.343 e. The number of amides is 1. The molecule has 28 heavy (non-hydrogen) atoms. The predicted molar refractivity (Wildman–Crippen MR) is 115 cm³/mol. The van der Waals surface area contributed by atoms with Gasteiger partial charge in [0.25, 0.3) is 5.91 Å². The molecule has 0 atom stereocenters. The second-order valence-electron chi connectivity index (χ2n) is 6.98. The number of nitrogens with zero attached hydrogens (tertiary/aromatic N) is 1. The van der Waals surface area contributed by atoms with E-state index in [1.54, 1.807) is 6.92 Å². The second-order valence-corrected chi connectivity index (χ2v) is 7.42. The fourth-order valence-electron chi connectivity index (χ4n) is 3.28. The zero-order valence-electron chi connectivity index (χ0n) is 16.5. The van der Waals surface area contributed by atoms with Gasteiger partial charge < -0.3 is 9.88 Å².